The minimum atomic E-state index is -10.2. The average molecular weight is 611 g/mol. The molecule has 208 valence electrons. The van der Waals surface area contributed by atoms with Crippen molar-refractivity contribution in [3.8, 4) is 11.8 Å². The molecule has 1 fully saturated rings. The second-order valence-electron chi connectivity index (χ2n) is 8.77. The first-order valence-electron chi connectivity index (χ1n) is 10.9. The molecule has 1 aliphatic carbocycles. The van der Waals surface area contributed by atoms with Gasteiger partial charge in [0.05, 0.1) is 21.0 Å². The van der Waals surface area contributed by atoms with E-state index in [1.165, 1.54) is 0 Å². The molecule has 1 atom stereocenters. The van der Waals surface area contributed by atoms with Gasteiger partial charge in [-0.15, -0.1) is 0 Å². The number of nitriles is 1. The molecule has 0 saturated heterocycles. The van der Waals surface area contributed by atoms with Gasteiger partial charge >= 0.3 is 22.3 Å². The molecule has 0 radical (unpaired) electrons. The second kappa shape index (κ2) is 8.73. The highest BCUT2D eigenvalue weighted by molar-refractivity contribution is 8.45. The van der Waals surface area contributed by atoms with Crippen molar-refractivity contribution in [2.75, 3.05) is 5.32 Å². The van der Waals surface area contributed by atoms with E-state index in [1.54, 1.807) is 43.3 Å². The van der Waals surface area contributed by atoms with E-state index in [9.17, 15) is 39.4 Å². The van der Waals surface area contributed by atoms with Crippen LogP contribution >= 0.6 is 33.4 Å². The monoisotopic (exact) mass is 610 g/mol. The van der Waals surface area contributed by atoms with Crippen LogP contribution in [0.1, 0.15) is 42.7 Å². The molecule has 3 aromatic rings. The van der Waals surface area contributed by atoms with Crippen LogP contribution < -0.4 is 5.32 Å². The van der Waals surface area contributed by atoms with E-state index in [0.717, 1.165) is 0 Å². The van der Waals surface area contributed by atoms with Gasteiger partial charge in [-0.25, -0.2) is 9.48 Å². The van der Waals surface area contributed by atoms with Crippen molar-refractivity contribution in [1.82, 2.24) is 9.78 Å². The van der Waals surface area contributed by atoms with Gasteiger partial charge in [0.25, 0.3) is 0 Å². The lowest BCUT2D eigenvalue weighted by molar-refractivity contribution is -0.140. The number of nitrogens with one attached hydrogen (secondary N) is 1. The highest BCUT2D eigenvalue weighted by Gasteiger charge is 2.66. The minimum Gasteiger partial charge on any atom is -0.481 e. The molecule has 1 amide bonds. The molecule has 2 N–H and O–H groups in total. The van der Waals surface area contributed by atoms with E-state index in [0.29, 0.717) is 10.2 Å². The van der Waals surface area contributed by atoms with E-state index in [-0.39, 0.29) is 30.5 Å². The van der Waals surface area contributed by atoms with Gasteiger partial charge in [-0.2, -0.15) is 10.4 Å². The normalized spacial score (nSPS) is 16.8. The molecule has 1 aromatic heterocycles. The lowest BCUT2D eigenvalue weighted by Gasteiger charge is -2.40. The Kier molecular flexibility index (Phi) is 6.38. The van der Waals surface area contributed by atoms with Gasteiger partial charge in [0.15, 0.2) is 5.69 Å². The summed E-state index contributed by atoms with van der Waals surface area (Å²) in [6.07, 6.45) is -1.87. The third-order valence-electron chi connectivity index (χ3n) is 6.05. The maximum absolute atomic E-state index is 13.4. The Hall–Kier alpha value is -3.54. The number of carboxylic acids is 1. The molecule has 8 nitrogen and oxygen atoms in total. The lowest BCUT2D eigenvalue weighted by atomic mass is 9.95. The predicted octanol–water partition coefficient (Wildman–Crippen LogP) is 8.13. The topological polar surface area (TPSA) is 117 Å². The standard InChI is InChI=1S/C23H17Cl2F5N4O4S/c1-12(13-5-3-2-4-6-13)38-22(37)32-20-18(23(7-8-23)21(35)36)17(11-31)33-34(20)19-15(24)9-14(10-16(19)25)39(26,27,28,29)30/h2-6,9-10,12H,7-8H2,1H3,(H,32,37)(H,35,36). The lowest BCUT2D eigenvalue weighted by Crippen LogP contribution is -2.25. The molecule has 0 spiro atoms. The summed E-state index contributed by atoms with van der Waals surface area (Å²) in [6, 6.07) is 10.0. The van der Waals surface area contributed by atoms with Crippen LogP contribution in [0, 0.1) is 11.3 Å². The van der Waals surface area contributed by atoms with Crippen LogP contribution in [0.2, 0.25) is 10.0 Å². The summed E-state index contributed by atoms with van der Waals surface area (Å²) in [4.78, 5) is 22.6. The zero-order valence-electron chi connectivity index (χ0n) is 19.6. The van der Waals surface area contributed by atoms with Gasteiger partial charge in [0.2, 0.25) is 0 Å². The maximum atomic E-state index is 13.4. The molecular formula is C23H17Cl2F5N4O4S. The highest BCUT2D eigenvalue weighted by Crippen LogP contribution is 3.02. The first-order valence-corrected chi connectivity index (χ1v) is 13.6. The zero-order valence-corrected chi connectivity index (χ0v) is 21.9. The number of hydrogen-bond donors (Lipinski definition) is 2. The smallest absolute Gasteiger partial charge is 0.413 e. The van der Waals surface area contributed by atoms with Crippen LogP contribution in [-0.4, -0.2) is 26.9 Å². The Morgan fingerprint density at radius 2 is 1.72 bits per heavy atom. The predicted molar refractivity (Wildman–Crippen MR) is 133 cm³/mol. The number of nitrogens with zero attached hydrogens (tertiary/aromatic N) is 3. The summed E-state index contributed by atoms with van der Waals surface area (Å²) in [5.41, 5.74) is -2.46. The molecule has 1 saturated carbocycles. The number of carboxylic acid groups (broad SMARTS) is 1. The van der Waals surface area contributed by atoms with Crippen molar-refractivity contribution >= 4 is 51.3 Å². The number of hydrogen-bond acceptors (Lipinski definition) is 5. The average Bonchev–Trinajstić information content (AvgIpc) is 3.55. The summed E-state index contributed by atoms with van der Waals surface area (Å²) in [5.74, 6) is -1.85. The summed E-state index contributed by atoms with van der Waals surface area (Å²) >= 11 is 11.9. The summed E-state index contributed by atoms with van der Waals surface area (Å²) in [7, 11) is -10.2. The molecule has 1 heterocycles. The minimum absolute atomic E-state index is 0.0392. The summed E-state index contributed by atoms with van der Waals surface area (Å²) < 4.78 is 73.0. The van der Waals surface area contributed by atoms with E-state index in [4.69, 9.17) is 27.9 Å². The Balaban J connectivity index is 1.87. The van der Waals surface area contributed by atoms with Gasteiger partial charge < -0.3 is 9.84 Å². The fourth-order valence-electron chi connectivity index (χ4n) is 3.97. The SMILES string of the molecule is CC(OC(=O)Nc1c(C2(C(=O)O)CC2)c(C#N)nn1-c1c(Cl)cc(S(F)(F)(F)(F)F)cc1Cl)c1ccccc1. The van der Waals surface area contributed by atoms with Crippen molar-refractivity contribution in [2.45, 2.75) is 36.2 Å². The van der Waals surface area contributed by atoms with Gasteiger partial charge in [0.1, 0.15) is 28.6 Å². The van der Waals surface area contributed by atoms with Crippen molar-refractivity contribution in [3.05, 3.63) is 69.3 Å². The number of amides is 1. The van der Waals surface area contributed by atoms with Crippen molar-refractivity contribution in [1.29, 1.82) is 5.26 Å². The molecule has 0 aliphatic heterocycles. The quantitative estimate of drug-likeness (QED) is 0.261. The Morgan fingerprint density at radius 1 is 1.15 bits per heavy atom. The van der Waals surface area contributed by atoms with Crippen molar-refractivity contribution in [3.63, 3.8) is 0 Å². The fraction of sp³-hybridized carbons (Fsp3) is 0.217. The number of carbonyl (C=O) groups is 2. The van der Waals surface area contributed by atoms with E-state index in [2.05, 4.69) is 10.4 Å². The van der Waals surface area contributed by atoms with Crippen molar-refractivity contribution < 1.29 is 38.9 Å². The molecule has 1 aliphatic rings. The molecular weight excluding hydrogens is 594 g/mol. The number of aromatic nitrogens is 2. The van der Waals surface area contributed by atoms with E-state index in [1.807, 2.05) is 0 Å². The number of ether oxygens (including phenoxy) is 1. The number of anilines is 1. The molecule has 4 rings (SSSR count). The molecule has 1 unspecified atom stereocenters. The van der Waals surface area contributed by atoms with Crippen LogP contribution in [-0.2, 0) is 14.9 Å². The first-order chi connectivity index (χ1) is 17.9. The van der Waals surface area contributed by atoms with Gasteiger partial charge in [-0.3, -0.25) is 10.1 Å². The number of benzene rings is 2. The van der Waals surface area contributed by atoms with E-state index < -0.39 is 65.9 Å². The third-order valence-corrected chi connectivity index (χ3v) is 7.75. The van der Waals surface area contributed by atoms with Gasteiger partial charge in [-0.1, -0.05) is 73.0 Å². The Morgan fingerprint density at radius 3 is 2.18 bits per heavy atom. The van der Waals surface area contributed by atoms with Crippen LogP contribution in [0.3, 0.4) is 0 Å². The van der Waals surface area contributed by atoms with Crippen LogP contribution in [0.4, 0.5) is 30.0 Å². The Bertz CT molecular complexity index is 1530. The molecule has 16 heteroatoms. The second-order valence-corrected chi connectivity index (χ2v) is 12.0. The number of aliphatic carboxylic acids is 1. The molecule has 2 aromatic carbocycles. The van der Waals surface area contributed by atoms with Crippen molar-refractivity contribution in [2.24, 2.45) is 0 Å². The summed E-state index contributed by atoms with van der Waals surface area (Å²) in [6.45, 7) is 1.54. The largest absolute Gasteiger partial charge is 0.481 e. The number of carbonyl (C=O) groups excluding carboxylic acids is 1. The number of halogens is 7. The first kappa shape index (κ1) is 28.5. The maximum Gasteiger partial charge on any atom is 0.413 e. The molecule has 39 heavy (non-hydrogen) atoms. The highest BCUT2D eigenvalue weighted by atomic mass is 35.5. The van der Waals surface area contributed by atoms with Crippen LogP contribution in [0.15, 0.2) is 47.4 Å². The zero-order chi connectivity index (χ0) is 29.0. The Labute approximate surface area is 227 Å². The van der Waals surface area contributed by atoms with E-state index >= 15 is 0 Å². The summed E-state index contributed by atoms with van der Waals surface area (Å²) in [5, 5.41) is 23.8. The van der Waals surface area contributed by atoms with Gasteiger partial charge in [-0.05, 0) is 37.5 Å². The fourth-order valence-corrected chi connectivity index (χ4v) is 5.43. The third kappa shape index (κ3) is 5.47. The van der Waals surface area contributed by atoms with Gasteiger partial charge in [0, 0.05) is 0 Å². The van der Waals surface area contributed by atoms with Crippen LogP contribution in [0.5, 0.6) is 0 Å². The van der Waals surface area contributed by atoms with Crippen LogP contribution in [0.25, 0.3) is 5.69 Å². The number of rotatable bonds is 7. The molecule has 0 bridgehead atoms.